The number of nitrogens with zero attached hydrogens (tertiary/aromatic N) is 1. The summed E-state index contributed by atoms with van der Waals surface area (Å²) in [6, 6.07) is 11.9. The minimum atomic E-state index is -0.474. The van der Waals surface area contributed by atoms with Crippen LogP contribution in [-0.4, -0.2) is 24.6 Å². The first kappa shape index (κ1) is 18.4. The average Bonchev–Trinajstić information content (AvgIpc) is 2.55. The molecular weight excluding hydrogens is 417 g/mol. The molecule has 124 valence electrons. The molecule has 0 saturated heterocycles. The van der Waals surface area contributed by atoms with Crippen LogP contribution in [0.15, 0.2) is 52.0 Å². The highest BCUT2D eigenvalue weighted by atomic mass is 79.9. The van der Waals surface area contributed by atoms with Crippen molar-refractivity contribution in [1.82, 2.24) is 10.7 Å². The Morgan fingerprint density at radius 2 is 1.79 bits per heavy atom. The van der Waals surface area contributed by atoms with E-state index < -0.39 is 5.91 Å². The molecule has 0 aromatic heterocycles. The van der Waals surface area contributed by atoms with Gasteiger partial charge in [-0.05, 0) is 30.3 Å². The molecule has 2 aromatic carbocycles. The molecule has 5 nitrogen and oxygen atoms in total. The number of rotatable bonds is 5. The smallest absolute Gasteiger partial charge is 0.259 e. The molecule has 0 aliphatic carbocycles. The van der Waals surface area contributed by atoms with E-state index >= 15 is 0 Å². The van der Waals surface area contributed by atoms with Crippen molar-refractivity contribution in [3.05, 3.63) is 68.1 Å². The lowest BCUT2D eigenvalue weighted by Gasteiger charge is -2.05. The van der Waals surface area contributed by atoms with Gasteiger partial charge in [0.05, 0.1) is 22.8 Å². The highest BCUT2D eigenvalue weighted by molar-refractivity contribution is 9.10. The van der Waals surface area contributed by atoms with Crippen LogP contribution in [0.4, 0.5) is 0 Å². The first-order chi connectivity index (χ1) is 11.5. The summed E-state index contributed by atoms with van der Waals surface area (Å²) >= 11 is 15.2. The van der Waals surface area contributed by atoms with Crippen LogP contribution in [0.5, 0.6) is 0 Å². The van der Waals surface area contributed by atoms with Crippen LogP contribution in [0.1, 0.15) is 15.9 Å². The fourth-order valence-corrected chi connectivity index (χ4v) is 2.63. The third kappa shape index (κ3) is 5.33. The van der Waals surface area contributed by atoms with Gasteiger partial charge in [-0.3, -0.25) is 9.59 Å². The van der Waals surface area contributed by atoms with Crippen molar-refractivity contribution >= 4 is 57.2 Å². The molecule has 2 N–H and O–H groups in total. The van der Waals surface area contributed by atoms with E-state index in [-0.39, 0.29) is 12.5 Å². The van der Waals surface area contributed by atoms with E-state index in [1.807, 2.05) is 0 Å². The first-order valence-corrected chi connectivity index (χ1v) is 8.32. The van der Waals surface area contributed by atoms with E-state index in [2.05, 4.69) is 31.8 Å². The molecule has 0 saturated carbocycles. The van der Waals surface area contributed by atoms with E-state index in [9.17, 15) is 9.59 Å². The fraction of sp³-hybridized carbons (Fsp3) is 0.0625. The van der Waals surface area contributed by atoms with E-state index in [1.165, 1.54) is 6.21 Å². The lowest BCUT2D eigenvalue weighted by Crippen LogP contribution is -2.34. The van der Waals surface area contributed by atoms with Gasteiger partial charge >= 0.3 is 0 Å². The number of amides is 2. The number of hydrogen-bond donors (Lipinski definition) is 2. The SMILES string of the molecule is O=C(CNC(=O)c1cccc(Br)c1)N/N=C\c1c(Cl)cccc1Cl. The van der Waals surface area contributed by atoms with E-state index in [0.29, 0.717) is 21.2 Å². The van der Waals surface area contributed by atoms with Crippen molar-refractivity contribution in [3.63, 3.8) is 0 Å². The Balaban J connectivity index is 1.85. The van der Waals surface area contributed by atoms with Gasteiger partial charge in [0.15, 0.2) is 0 Å². The van der Waals surface area contributed by atoms with Crippen LogP contribution in [0, 0.1) is 0 Å². The first-order valence-electron chi connectivity index (χ1n) is 6.77. The molecule has 2 aromatic rings. The second kappa shape index (κ2) is 8.82. The summed E-state index contributed by atoms with van der Waals surface area (Å²) < 4.78 is 0.779. The normalized spacial score (nSPS) is 10.6. The lowest BCUT2D eigenvalue weighted by molar-refractivity contribution is -0.120. The summed E-state index contributed by atoms with van der Waals surface area (Å²) in [6.45, 7) is -0.209. The lowest BCUT2D eigenvalue weighted by atomic mass is 10.2. The summed E-state index contributed by atoms with van der Waals surface area (Å²) in [5.41, 5.74) is 3.24. The fourth-order valence-electron chi connectivity index (χ4n) is 1.73. The molecule has 0 atom stereocenters. The van der Waals surface area contributed by atoms with Gasteiger partial charge in [-0.1, -0.05) is 51.3 Å². The Kier molecular flexibility index (Phi) is 6.78. The number of benzene rings is 2. The zero-order chi connectivity index (χ0) is 17.5. The highest BCUT2D eigenvalue weighted by Gasteiger charge is 2.08. The van der Waals surface area contributed by atoms with Crippen LogP contribution in [0.2, 0.25) is 10.0 Å². The van der Waals surface area contributed by atoms with Crippen molar-refractivity contribution < 1.29 is 9.59 Å². The molecule has 0 radical (unpaired) electrons. The van der Waals surface area contributed by atoms with Crippen molar-refractivity contribution in [1.29, 1.82) is 0 Å². The molecule has 2 rings (SSSR count). The molecule has 0 unspecified atom stereocenters. The summed E-state index contributed by atoms with van der Waals surface area (Å²) in [7, 11) is 0. The third-order valence-electron chi connectivity index (χ3n) is 2.88. The van der Waals surface area contributed by atoms with E-state index in [0.717, 1.165) is 4.47 Å². The maximum atomic E-state index is 11.9. The van der Waals surface area contributed by atoms with Crippen molar-refractivity contribution in [3.8, 4) is 0 Å². The Morgan fingerprint density at radius 3 is 2.46 bits per heavy atom. The topological polar surface area (TPSA) is 70.6 Å². The number of halogens is 3. The standard InChI is InChI=1S/C16H12BrCl2N3O2/c17-11-4-1-3-10(7-11)16(24)20-9-15(23)22-21-8-12-13(18)5-2-6-14(12)19/h1-8H,9H2,(H,20,24)(H,22,23)/b21-8-. The average molecular weight is 429 g/mol. The number of hydrogen-bond acceptors (Lipinski definition) is 3. The number of carbonyl (C=O) groups excluding carboxylic acids is 2. The van der Waals surface area contributed by atoms with Gasteiger partial charge in [0, 0.05) is 15.6 Å². The Hall–Kier alpha value is -1.89. The number of hydrazone groups is 1. The predicted octanol–water partition coefficient (Wildman–Crippen LogP) is 3.64. The van der Waals surface area contributed by atoms with Gasteiger partial charge in [0.1, 0.15) is 0 Å². The summed E-state index contributed by atoms with van der Waals surface area (Å²) in [6.07, 6.45) is 1.35. The quantitative estimate of drug-likeness (QED) is 0.563. The zero-order valence-electron chi connectivity index (χ0n) is 12.2. The van der Waals surface area contributed by atoms with E-state index in [4.69, 9.17) is 23.2 Å². The summed E-state index contributed by atoms with van der Waals surface area (Å²) in [5.74, 6) is -0.831. The maximum absolute atomic E-state index is 11.9. The largest absolute Gasteiger partial charge is 0.343 e. The van der Waals surface area contributed by atoms with Gasteiger partial charge in [0.2, 0.25) is 0 Å². The van der Waals surface area contributed by atoms with Crippen LogP contribution in [-0.2, 0) is 4.79 Å². The molecule has 0 aliphatic rings. The van der Waals surface area contributed by atoms with Crippen molar-refractivity contribution in [2.24, 2.45) is 5.10 Å². The molecule has 24 heavy (non-hydrogen) atoms. The highest BCUT2D eigenvalue weighted by Crippen LogP contribution is 2.21. The molecule has 0 spiro atoms. The Labute approximate surface area is 157 Å². The molecular formula is C16H12BrCl2N3O2. The predicted molar refractivity (Wildman–Crippen MR) is 98.7 cm³/mol. The summed E-state index contributed by atoms with van der Waals surface area (Å²) in [4.78, 5) is 23.6. The zero-order valence-corrected chi connectivity index (χ0v) is 15.3. The molecule has 2 amide bonds. The minimum absolute atomic E-state index is 0.209. The van der Waals surface area contributed by atoms with E-state index in [1.54, 1.807) is 42.5 Å². The van der Waals surface area contributed by atoms with Gasteiger partial charge in [-0.15, -0.1) is 0 Å². The second-order valence-corrected chi connectivity index (χ2v) is 6.35. The van der Waals surface area contributed by atoms with Crippen LogP contribution >= 0.6 is 39.1 Å². The molecule has 0 fully saturated rings. The number of carbonyl (C=O) groups is 2. The monoisotopic (exact) mass is 427 g/mol. The number of nitrogens with one attached hydrogen (secondary N) is 2. The molecule has 8 heteroatoms. The molecule has 0 bridgehead atoms. The van der Waals surface area contributed by atoms with Gasteiger partial charge < -0.3 is 5.32 Å². The van der Waals surface area contributed by atoms with Crippen LogP contribution in [0.25, 0.3) is 0 Å². The van der Waals surface area contributed by atoms with Crippen LogP contribution in [0.3, 0.4) is 0 Å². The maximum Gasteiger partial charge on any atom is 0.259 e. The Morgan fingerprint density at radius 1 is 1.12 bits per heavy atom. The second-order valence-electron chi connectivity index (χ2n) is 4.62. The molecule has 0 aliphatic heterocycles. The third-order valence-corrected chi connectivity index (χ3v) is 4.03. The van der Waals surface area contributed by atoms with Gasteiger partial charge in [-0.25, -0.2) is 5.43 Å². The van der Waals surface area contributed by atoms with Gasteiger partial charge in [0.25, 0.3) is 11.8 Å². The summed E-state index contributed by atoms with van der Waals surface area (Å²) in [5, 5.41) is 7.12. The minimum Gasteiger partial charge on any atom is -0.343 e. The molecule has 0 heterocycles. The van der Waals surface area contributed by atoms with Crippen LogP contribution < -0.4 is 10.7 Å². The van der Waals surface area contributed by atoms with Crippen molar-refractivity contribution in [2.75, 3.05) is 6.54 Å². The Bertz CT molecular complexity index is 776. The van der Waals surface area contributed by atoms with Gasteiger partial charge in [-0.2, -0.15) is 5.10 Å². The van der Waals surface area contributed by atoms with Crippen molar-refractivity contribution in [2.45, 2.75) is 0 Å².